The Bertz CT molecular complexity index is 48.4. The number of nitrogens with two attached hydrogens (primary N) is 2. The summed E-state index contributed by atoms with van der Waals surface area (Å²) >= 11 is 0. The molecule has 0 radical (unpaired) electrons. The molecule has 0 atom stereocenters. The predicted octanol–water partition coefficient (Wildman–Crippen LogP) is 4.71. The van der Waals surface area contributed by atoms with E-state index in [4.69, 9.17) is 5.73 Å². The van der Waals surface area contributed by atoms with Gasteiger partial charge in [0.2, 0.25) is 0 Å². The van der Waals surface area contributed by atoms with Gasteiger partial charge in [-0.25, -0.2) is 0 Å². The van der Waals surface area contributed by atoms with Gasteiger partial charge in [-0.2, -0.15) is 0 Å². The third-order valence-corrected chi connectivity index (χ3v) is 2.06. The first kappa shape index (κ1) is 25.7. The number of rotatable bonds is 2. The first-order chi connectivity index (χ1) is 8.41. The molecule has 0 saturated heterocycles. The maximum absolute atomic E-state index is 5.14. The van der Waals surface area contributed by atoms with Gasteiger partial charge in [-0.3, -0.25) is 0 Å². The topological polar surface area (TPSA) is 52.0 Å². The monoisotopic (exact) mass is 248 g/mol. The lowest BCUT2D eigenvalue weighted by Crippen LogP contribution is -1.95. The van der Waals surface area contributed by atoms with Gasteiger partial charge in [0.05, 0.1) is 0 Å². The summed E-state index contributed by atoms with van der Waals surface area (Å²) in [6.07, 6.45) is 11.4. The van der Waals surface area contributed by atoms with Crippen LogP contribution in [0, 0.1) is 0 Å². The van der Waals surface area contributed by atoms with Crippen LogP contribution in [0.3, 0.4) is 0 Å². The van der Waals surface area contributed by atoms with Gasteiger partial charge >= 0.3 is 0 Å². The smallest absolute Gasteiger partial charge is 0.00774 e. The molecule has 2 nitrogen and oxygen atoms in total. The van der Waals surface area contributed by atoms with E-state index in [-0.39, 0.29) is 0 Å². The third kappa shape index (κ3) is 49.2. The van der Waals surface area contributed by atoms with Crippen LogP contribution in [0.25, 0.3) is 0 Å². The van der Waals surface area contributed by atoms with Crippen molar-refractivity contribution < 1.29 is 0 Å². The largest absolute Gasteiger partial charge is 0.333 e. The van der Waals surface area contributed by atoms with Gasteiger partial charge in [-0.1, -0.05) is 79.6 Å². The maximum Gasteiger partial charge on any atom is -0.00774 e. The zero-order valence-electron chi connectivity index (χ0n) is 13.5. The molecule has 17 heavy (non-hydrogen) atoms. The van der Waals surface area contributed by atoms with Crippen LogP contribution in [0.5, 0.6) is 0 Å². The van der Waals surface area contributed by atoms with Gasteiger partial charge in [-0.15, -0.1) is 0 Å². The second kappa shape index (κ2) is 44.5. The van der Waals surface area contributed by atoms with Crippen molar-refractivity contribution >= 4 is 0 Å². The van der Waals surface area contributed by atoms with E-state index in [1.807, 2.05) is 27.7 Å². The van der Waals surface area contributed by atoms with Crippen molar-refractivity contribution in [3.8, 4) is 0 Å². The van der Waals surface area contributed by atoms with Gasteiger partial charge in [0.15, 0.2) is 0 Å². The van der Waals surface area contributed by atoms with E-state index in [1.54, 1.807) is 0 Å². The minimum absolute atomic E-state index is 0.844. The lowest BCUT2D eigenvalue weighted by Gasteiger charge is -2.05. The van der Waals surface area contributed by atoms with Gasteiger partial charge in [-0.05, 0) is 20.0 Å². The summed E-state index contributed by atoms with van der Waals surface area (Å²) in [4.78, 5) is 0. The molecule has 0 spiro atoms. The van der Waals surface area contributed by atoms with Crippen LogP contribution in [-0.4, -0.2) is 13.6 Å². The third-order valence-electron chi connectivity index (χ3n) is 2.06. The lowest BCUT2D eigenvalue weighted by molar-refractivity contribution is 0.504. The van der Waals surface area contributed by atoms with E-state index in [9.17, 15) is 0 Å². The van der Waals surface area contributed by atoms with Crippen molar-refractivity contribution in [2.24, 2.45) is 11.5 Å². The second-order valence-corrected chi connectivity index (χ2v) is 3.26. The molecule has 0 aromatic rings. The van der Waals surface area contributed by atoms with Crippen LogP contribution in [0.1, 0.15) is 86.0 Å². The highest BCUT2D eigenvalue weighted by Crippen LogP contribution is 2.15. The molecule has 0 heterocycles. The van der Waals surface area contributed by atoms with Crippen LogP contribution in [0.15, 0.2) is 0 Å². The van der Waals surface area contributed by atoms with Crippen molar-refractivity contribution in [3.05, 3.63) is 0 Å². The minimum Gasteiger partial charge on any atom is -0.333 e. The molecule has 2 heteroatoms. The Balaban J connectivity index is -0.0000000701. The van der Waals surface area contributed by atoms with E-state index >= 15 is 0 Å². The molecular formula is C15H40N2. The molecule has 1 rings (SSSR count). The fraction of sp³-hybridized carbons (Fsp3) is 1.00. The summed E-state index contributed by atoms with van der Waals surface area (Å²) in [5.41, 5.74) is 9.64. The summed E-state index contributed by atoms with van der Waals surface area (Å²) in [7, 11) is 1.50. The van der Waals surface area contributed by atoms with Crippen molar-refractivity contribution in [2.75, 3.05) is 13.6 Å². The van der Waals surface area contributed by atoms with Gasteiger partial charge in [0.1, 0.15) is 0 Å². The summed E-state index contributed by atoms with van der Waals surface area (Å²) in [6.45, 7) is 11.0. The average Bonchev–Trinajstić information content (AvgIpc) is 2.49. The highest BCUT2D eigenvalue weighted by atomic mass is 14.5. The standard InChI is InChI=1S/C6H12.C4H11N.2C2H6.CH5N/c1-2-4-6-5-3-1;1-2-3-4-5;3*1-2/h1-6H2;2-5H2,1H3;2*1-2H3;2H2,1H3. The Morgan fingerprint density at radius 1 is 0.706 bits per heavy atom. The Labute approximate surface area is 112 Å². The minimum atomic E-state index is 0.844. The van der Waals surface area contributed by atoms with Crippen molar-refractivity contribution in [1.29, 1.82) is 0 Å². The van der Waals surface area contributed by atoms with E-state index in [2.05, 4.69) is 12.7 Å². The Kier molecular flexibility index (Phi) is 67.3. The molecule has 0 aromatic carbocycles. The second-order valence-electron chi connectivity index (χ2n) is 3.26. The molecule has 1 aliphatic rings. The number of hydrogen-bond donors (Lipinski definition) is 2. The fourth-order valence-electron chi connectivity index (χ4n) is 1.26. The summed E-state index contributed by atoms with van der Waals surface area (Å²) < 4.78 is 0. The summed E-state index contributed by atoms with van der Waals surface area (Å²) in [5, 5.41) is 0. The van der Waals surface area contributed by atoms with Crippen LogP contribution in [0.2, 0.25) is 0 Å². The summed E-state index contributed by atoms with van der Waals surface area (Å²) in [6, 6.07) is 0. The van der Waals surface area contributed by atoms with Gasteiger partial charge in [0.25, 0.3) is 0 Å². The quantitative estimate of drug-likeness (QED) is 0.743. The number of hydrogen-bond acceptors (Lipinski definition) is 2. The summed E-state index contributed by atoms with van der Waals surface area (Å²) in [5.74, 6) is 0. The molecule has 0 unspecified atom stereocenters. The van der Waals surface area contributed by atoms with Crippen LogP contribution < -0.4 is 11.5 Å². The zero-order chi connectivity index (χ0) is 14.4. The number of unbranched alkanes of at least 4 members (excludes halogenated alkanes) is 1. The molecule has 110 valence electrons. The molecule has 0 bridgehead atoms. The van der Waals surface area contributed by atoms with Crippen molar-refractivity contribution in [2.45, 2.75) is 86.0 Å². The molecule has 1 fully saturated rings. The first-order valence-corrected chi connectivity index (χ1v) is 7.69. The predicted molar refractivity (Wildman–Crippen MR) is 84.5 cm³/mol. The van der Waals surface area contributed by atoms with E-state index in [0.717, 1.165) is 6.54 Å². The van der Waals surface area contributed by atoms with Crippen molar-refractivity contribution in [3.63, 3.8) is 0 Å². The van der Waals surface area contributed by atoms with Crippen LogP contribution in [0.4, 0.5) is 0 Å². The maximum atomic E-state index is 5.14. The van der Waals surface area contributed by atoms with Crippen LogP contribution >= 0.6 is 0 Å². The van der Waals surface area contributed by atoms with E-state index in [0.29, 0.717) is 0 Å². The Morgan fingerprint density at radius 2 is 0.941 bits per heavy atom. The first-order valence-electron chi connectivity index (χ1n) is 7.69. The molecular weight excluding hydrogens is 208 g/mol. The molecule has 4 N–H and O–H groups in total. The Hall–Kier alpha value is -0.0800. The Morgan fingerprint density at radius 3 is 1.00 bits per heavy atom. The normalized spacial score (nSPS) is 12.0. The zero-order valence-corrected chi connectivity index (χ0v) is 13.5. The van der Waals surface area contributed by atoms with Gasteiger partial charge in [0, 0.05) is 0 Å². The molecule has 0 aromatic heterocycles. The van der Waals surface area contributed by atoms with Gasteiger partial charge < -0.3 is 11.5 Å². The van der Waals surface area contributed by atoms with E-state index in [1.165, 1.54) is 58.4 Å². The molecule has 0 amide bonds. The van der Waals surface area contributed by atoms with Crippen molar-refractivity contribution in [1.82, 2.24) is 0 Å². The molecule has 0 aliphatic heterocycles. The lowest BCUT2D eigenvalue weighted by atomic mass is 10.0. The van der Waals surface area contributed by atoms with Crippen LogP contribution in [-0.2, 0) is 0 Å². The van der Waals surface area contributed by atoms with E-state index < -0.39 is 0 Å². The molecule has 1 saturated carbocycles. The SMILES string of the molecule is C1CCCCC1.CC.CC.CCCCN.CN. The highest BCUT2D eigenvalue weighted by molar-refractivity contribution is 4.51. The highest BCUT2D eigenvalue weighted by Gasteiger charge is 1.95. The fourth-order valence-corrected chi connectivity index (χ4v) is 1.26. The molecule has 1 aliphatic carbocycles. The average molecular weight is 248 g/mol.